The quantitative estimate of drug-likeness (QED) is 0.857. The Bertz CT molecular complexity index is 554. The molecule has 1 aromatic rings. The summed E-state index contributed by atoms with van der Waals surface area (Å²) in [5.74, 6) is -0.890. The van der Waals surface area contributed by atoms with Crippen LogP contribution in [0.5, 0.6) is 0 Å². The first-order valence-corrected chi connectivity index (χ1v) is 8.61. The molecule has 0 spiro atoms. The zero-order valence-corrected chi connectivity index (χ0v) is 12.3. The van der Waals surface area contributed by atoms with Crippen molar-refractivity contribution < 1.29 is 17.2 Å². The van der Waals surface area contributed by atoms with Crippen LogP contribution in [0.4, 0.5) is 8.78 Å². The van der Waals surface area contributed by atoms with Crippen molar-refractivity contribution in [3.8, 4) is 0 Å². The predicted molar refractivity (Wildman–Crippen MR) is 73.8 cm³/mol. The highest BCUT2D eigenvalue weighted by molar-refractivity contribution is 7.88. The summed E-state index contributed by atoms with van der Waals surface area (Å²) in [6, 6.07) is 3.85. The molecule has 1 aliphatic heterocycles. The Hall–Kier alpha value is -1.01. The fraction of sp³-hybridized carbons (Fsp3) is 0.571. The molecular weight excluding hydrogens is 284 g/mol. The number of piperidine rings is 1. The van der Waals surface area contributed by atoms with Gasteiger partial charge in [0.15, 0.2) is 0 Å². The normalized spacial score (nSPS) is 21.1. The van der Waals surface area contributed by atoms with E-state index in [2.05, 4.69) is 0 Å². The minimum absolute atomic E-state index is 0.101. The molecular formula is C14H19F2NO2S. The van der Waals surface area contributed by atoms with Crippen LogP contribution in [0.3, 0.4) is 0 Å². The third kappa shape index (κ3) is 3.76. The first kappa shape index (κ1) is 15.4. The molecule has 1 fully saturated rings. The van der Waals surface area contributed by atoms with Crippen molar-refractivity contribution in [1.29, 1.82) is 0 Å². The molecule has 6 heteroatoms. The Kier molecular flexibility index (Phi) is 4.75. The van der Waals surface area contributed by atoms with Gasteiger partial charge in [0.25, 0.3) is 0 Å². The van der Waals surface area contributed by atoms with Crippen molar-refractivity contribution >= 4 is 10.0 Å². The van der Waals surface area contributed by atoms with Crippen LogP contribution in [-0.4, -0.2) is 32.1 Å². The van der Waals surface area contributed by atoms with Crippen LogP contribution in [0.1, 0.15) is 24.8 Å². The van der Waals surface area contributed by atoms with Crippen LogP contribution in [-0.2, 0) is 16.4 Å². The number of nitrogens with zero attached hydrogens (tertiary/aromatic N) is 1. The van der Waals surface area contributed by atoms with Gasteiger partial charge in [0.1, 0.15) is 11.6 Å². The Morgan fingerprint density at radius 1 is 1.30 bits per heavy atom. The van der Waals surface area contributed by atoms with E-state index >= 15 is 0 Å². The molecule has 20 heavy (non-hydrogen) atoms. The molecule has 1 aliphatic rings. The third-order valence-electron chi connectivity index (χ3n) is 3.82. The van der Waals surface area contributed by atoms with Gasteiger partial charge >= 0.3 is 0 Å². The summed E-state index contributed by atoms with van der Waals surface area (Å²) < 4.78 is 51.5. The lowest BCUT2D eigenvalue weighted by Gasteiger charge is -2.31. The Morgan fingerprint density at radius 3 is 2.55 bits per heavy atom. The maximum absolute atomic E-state index is 13.5. The highest BCUT2D eigenvalue weighted by Gasteiger charge is 2.26. The van der Waals surface area contributed by atoms with E-state index in [0.29, 0.717) is 25.9 Å². The number of hydrogen-bond acceptors (Lipinski definition) is 2. The van der Waals surface area contributed by atoms with E-state index in [0.717, 1.165) is 12.8 Å². The molecule has 3 nitrogen and oxygen atoms in total. The number of sulfonamides is 1. The van der Waals surface area contributed by atoms with Crippen molar-refractivity contribution in [3.63, 3.8) is 0 Å². The molecule has 1 aromatic carbocycles. The molecule has 112 valence electrons. The molecule has 0 radical (unpaired) electrons. The minimum atomic E-state index is -3.17. The monoisotopic (exact) mass is 303 g/mol. The topological polar surface area (TPSA) is 37.4 Å². The van der Waals surface area contributed by atoms with Crippen LogP contribution < -0.4 is 0 Å². The van der Waals surface area contributed by atoms with Crippen molar-refractivity contribution in [2.75, 3.05) is 19.3 Å². The van der Waals surface area contributed by atoms with Gasteiger partial charge in [-0.15, -0.1) is 0 Å². The van der Waals surface area contributed by atoms with E-state index in [4.69, 9.17) is 0 Å². The van der Waals surface area contributed by atoms with Crippen molar-refractivity contribution in [1.82, 2.24) is 4.31 Å². The Labute approximate surface area is 118 Å². The summed E-state index contributed by atoms with van der Waals surface area (Å²) in [6.45, 7) is 0.998. The number of rotatable bonds is 4. The van der Waals surface area contributed by atoms with Gasteiger partial charge in [-0.2, -0.15) is 0 Å². The van der Waals surface area contributed by atoms with Crippen LogP contribution >= 0.6 is 0 Å². The second-order valence-corrected chi connectivity index (χ2v) is 7.35. The van der Waals surface area contributed by atoms with E-state index in [-0.39, 0.29) is 11.5 Å². The van der Waals surface area contributed by atoms with Gasteiger partial charge in [0.2, 0.25) is 10.0 Å². The lowest BCUT2D eigenvalue weighted by molar-refractivity contribution is 0.256. The second kappa shape index (κ2) is 6.18. The van der Waals surface area contributed by atoms with Gasteiger partial charge in [-0.3, -0.25) is 0 Å². The SMILES string of the molecule is CS(=O)(=O)N1CCC[C@@H](CCc2c(F)cccc2F)C1. The van der Waals surface area contributed by atoms with Crippen LogP contribution in [0.2, 0.25) is 0 Å². The summed E-state index contributed by atoms with van der Waals surface area (Å²) in [6.07, 6.45) is 3.82. The highest BCUT2D eigenvalue weighted by Crippen LogP contribution is 2.24. The van der Waals surface area contributed by atoms with Gasteiger partial charge in [0, 0.05) is 18.7 Å². The zero-order chi connectivity index (χ0) is 14.8. The fourth-order valence-corrected chi connectivity index (χ4v) is 3.63. The van der Waals surface area contributed by atoms with Crippen LogP contribution in [0.15, 0.2) is 18.2 Å². The molecule has 0 unspecified atom stereocenters. The summed E-state index contributed by atoms with van der Waals surface area (Å²) in [5, 5.41) is 0. The highest BCUT2D eigenvalue weighted by atomic mass is 32.2. The molecule has 2 rings (SSSR count). The molecule has 0 aliphatic carbocycles. The van der Waals surface area contributed by atoms with Gasteiger partial charge in [-0.1, -0.05) is 6.07 Å². The molecule has 0 aromatic heterocycles. The van der Waals surface area contributed by atoms with Gasteiger partial charge in [0.05, 0.1) is 6.26 Å². The molecule has 1 saturated heterocycles. The summed E-state index contributed by atoms with van der Waals surface area (Å²) in [4.78, 5) is 0. The third-order valence-corrected chi connectivity index (χ3v) is 5.08. The number of hydrogen-bond donors (Lipinski definition) is 0. The first-order chi connectivity index (χ1) is 9.38. The van der Waals surface area contributed by atoms with E-state index in [1.807, 2.05) is 0 Å². The molecule has 0 amide bonds. The summed E-state index contributed by atoms with van der Waals surface area (Å²) >= 11 is 0. The minimum Gasteiger partial charge on any atom is -0.213 e. The standard InChI is InChI=1S/C14H19F2NO2S/c1-20(18,19)17-9-3-4-11(10-17)7-8-12-13(15)5-2-6-14(12)16/h2,5-6,11H,3-4,7-10H2,1H3/t11-/m0/s1. The lowest BCUT2D eigenvalue weighted by atomic mass is 9.92. The molecule has 0 N–H and O–H groups in total. The van der Waals surface area contributed by atoms with E-state index in [9.17, 15) is 17.2 Å². The Balaban J connectivity index is 1.97. The fourth-order valence-electron chi connectivity index (χ4n) is 2.68. The molecule has 0 saturated carbocycles. The van der Waals surface area contributed by atoms with Crippen LogP contribution in [0.25, 0.3) is 0 Å². The first-order valence-electron chi connectivity index (χ1n) is 6.76. The van der Waals surface area contributed by atoms with Crippen molar-refractivity contribution in [2.45, 2.75) is 25.7 Å². The summed E-state index contributed by atoms with van der Waals surface area (Å²) in [5.41, 5.74) is 0.101. The number of halogens is 2. The summed E-state index contributed by atoms with van der Waals surface area (Å²) in [7, 11) is -3.17. The zero-order valence-electron chi connectivity index (χ0n) is 11.5. The second-order valence-electron chi connectivity index (χ2n) is 5.37. The predicted octanol–water partition coefficient (Wildman–Crippen LogP) is 2.57. The van der Waals surface area contributed by atoms with Gasteiger partial charge in [-0.05, 0) is 43.7 Å². The van der Waals surface area contributed by atoms with E-state index in [1.165, 1.54) is 28.8 Å². The van der Waals surface area contributed by atoms with Gasteiger partial charge < -0.3 is 0 Å². The lowest BCUT2D eigenvalue weighted by Crippen LogP contribution is -2.39. The number of benzene rings is 1. The molecule has 1 heterocycles. The smallest absolute Gasteiger partial charge is 0.211 e. The molecule has 0 bridgehead atoms. The van der Waals surface area contributed by atoms with Crippen LogP contribution in [0, 0.1) is 17.6 Å². The van der Waals surface area contributed by atoms with Crippen molar-refractivity contribution in [2.24, 2.45) is 5.92 Å². The van der Waals surface area contributed by atoms with E-state index < -0.39 is 21.7 Å². The maximum atomic E-state index is 13.5. The largest absolute Gasteiger partial charge is 0.213 e. The van der Waals surface area contributed by atoms with E-state index in [1.54, 1.807) is 0 Å². The maximum Gasteiger partial charge on any atom is 0.211 e. The van der Waals surface area contributed by atoms with Crippen molar-refractivity contribution in [3.05, 3.63) is 35.4 Å². The average Bonchev–Trinajstić information content (AvgIpc) is 2.37. The Morgan fingerprint density at radius 2 is 1.95 bits per heavy atom. The average molecular weight is 303 g/mol. The molecule has 1 atom stereocenters. The van der Waals surface area contributed by atoms with Gasteiger partial charge in [-0.25, -0.2) is 21.5 Å².